The number of phenols is 1. The van der Waals surface area contributed by atoms with Gasteiger partial charge in [-0.1, -0.05) is 12.1 Å². The molecule has 0 unspecified atom stereocenters. The van der Waals surface area contributed by atoms with E-state index < -0.39 is 47.0 Å². The van der Waals surface area contributed by atoms with Crippen LogP contribution in [0.15, 0.2) is 48.5 Å². The lowest BCUT2D eigenvalue weighted by Gasteiger charge is -2.32. The highest BCUT2D eigenvalue weighted by molar-refractivity contribution is 7.98. The van der Waals surface area contributed by atoms with E-state index in [2.05, 4.69) is 5.32 Å². The van der Waals surface area contributed by atoms with Gasteiger partial charge < -0.3 is 9.84 Å². The molecule has 0 saturated carbocycles. The zero-order valence-electron chi connectivity index (χ0n) is 17.6. The minimum absolute atomic E-state index is 0.0617. The zero-order valence-corrected chi connectivity index (χ0v) is 18.4. The summed E-state index contributed by atoms with van der Waals surface area (Å²) in [6.45, 7) is 0. The van der Waals surface area contributed by atoms with Crippen LogP contribution in [-0.2, 0) is 19.1 Å². The Morgan fingerprint density at radius 1 is 1.16 bits per heavy atom. The van der Waals surface area contributed by atoms with Gasteiger partial charge in [0.15, 0.2) is 0 Å². The number of halogens is 1. The molecule has 0 radical (unpaired) electrons. The van der Waals surface area contributed by atoms with Crippen LogP contribution in [0, 0.1) is 17.7 Å². The molecule has 0 aromatic heterocycles. The predicted octanol–water partition coefficient (Wildman–Crippen LogP) is 2.65. The SMILES string of the molecule is COC(=O)[C@]1(CCSC)N[C@@H](c2ccc(O)cc2)[C@H]2C(=O)N(c3ccc(F)cc3)C(=O)[C@H]21. The number of rotatable bonds is 6. The van der Waals surface area contributed by atoms with Crippen LogP contribution in [-0.4, -0.2) is 47.5 Å². The third-order valence-corrected chi connectivity index (χ3v) is 6.85. The van der Waals surface area contributed by atoms with E-state index in [0.717, 1.165) is 4.90 Å². The maximum Gasteiger partial charge on any atom is 0.326 e. The number of thioether (sulfide) groups is 1. The van der Waals surface area contributed by atoms with Crippen molar-refractivity contribution in [1.82, 2.24) is 5.32 Å². The summed E-state index contributed by atoms with van der Waals surface area (Å²) in [5, 5.41) is 13.0. The fraction of sp³-hybridized carbons (Fsp3) is 0.348. The number of esters is 1. The van der Waals surface area contributed by atoms with E-state index in [4.69, 9.17) is 4.74 Å². The van der Waals surface area contributed by atoms with Gasteiger partial charge in [-0.25, -0.2) is 9.29 Å². The number of hydrogen-bond acceptors (Lipinski definition) is 7. The van der Waals surface area contributed by atoms with Crippen molar-refractivity contribution >= 4 is 35.2 Å². The van der Waals surface area contributed by atoms with Crippen LogP contribution >= 0.6 is 11.8 Å². The number of benzene rings is 2. The summed E-state index contributed by atoms with van der Waals surface area (Å²) >= 11 is 1.52. The van der Waals surface area contributed by atoms with E-state index >= 15 is 0 Å². The molecule has 2 aliphatic heterocycles. The molecule has 2 saturated heterocycles. The summed E-state index contributed by atoms with van der Waals surface area (Å²) in [5.41, 5.74) is -0.481. The number of hydrogen-bond donors (Lipinski definition) is 2. The largest absolute Gasteiger partial charge is 0.508 e. The second-order valence-corrected chi connectivity index (χ2v) is 8.90. The van der Waals surface area contributed by atoms with Crippen molar-refractivity contribution < 1.29 is 28.6 Å². The van der Waals surface area contributed by atoms with Gasteiger partial charge in [-0.05, 0) is 60.4 Å². The molecule has 2 aromatic carbocycles. The van der Waals surface area contributed by atoms with Crippen LogP contribution in [0.1, 0.15) is 18.0 Å². The summed E-state index contributed by atoms with van der Waals surface area (Å²) in [6, 6.07) is 10.8. The van der Waals surface area contributed by atoms with Gasteiger partial charge in [0.1, 0.15) is 17.1 Å². The van der Waals surface area contributed by atoms with Crippen molar-refractivity contribution in [2.24, 2.45) is 11.8 Å². The van der Waals surface area contributed by atoms with Crippen LogP contribution in [0.3, 0.4) is 0 Å². The van der Waals surface area contributed by atoms with Gasteiger partial charge >= 0.3 is 5.97 Å². The van der Waals surface area contributed by atoms with E-state index in [1.807, 2.05) is 6.26 Å². The zero-order chi connectivity index (χ0) is 23.0. The lowest BCUT2D eigenvalue weighted by molar-refractivity contribution is -0.152. The third kappa shape index (κ3) is 3.45. The molecule has 0 spiro atoms. The second kappa shape index (κ2) is 8.55. The Bertz CT molecular complexity index is 1050. The van der Waals surface area contributed by atoms with Crippen molar-refractivity contribution in [3.63, 3.8) is 0 Å². The molecule has 2 fully saturated rings. The van der Waals surface area contributed by atoms with Crippen LogP contribution in [0.4, 0.5) is 10.1 Å². The van der Waals surface area contributed by atoms with Crippen molar-refractivity contribution in [3.05, 3.63) is 59.9 Å². The Morgan fingerprint density at radius 2 is 1.81 bits per heavy atom. The number of anilines is 1. The molecule has 4 rings (SSSR count). The molecule has 2 heterocycles. The minimum Gasteiger partial charge on any atom is -0.508 e. The van der Waals surface area contributed by atoms with Gasteiger partial charge in [-0.2, -0.15) is 11.8 Å². The number of methoxy groups -OCH3 is 1. The average molecular weight is 459 g/mol. The van der Waals surface area contributed by atoms with Gasteiger partial charge in [0.25, 0.3) is 0 Å². The molecule has 2 N–H and O–H groups in total. The topological polar surface area (TPSA) is 95.9 Å². The number of carbonyl (C=O) groups is 3. The lowest BCUT2D eigenvalue weighted by atomic mass is 9.78. The third-order valence-electron chi connectivity index (χ3n) is 6.24. The summed E-state index contributed by atoms with van der Waals surface area (Å²) in [5.74, 6) is -3.31. The average Bonchev–Trinajstić information content (AvgIpc) is 3.27. The van der Waals surface area contributed by atoms with Gasteiger partial charge in [0, 0.05) is 6.04 Å². The van der Waals surface area contributed by atoms with Gasteiger partial charge in [-0.15, -0.1) is 0 Å². The standard InChI is InChI=1S/C23H23FN2O5S/c1-31-22(30)23(11-12-32-2)18-17(19(25-23)13-3-9-16(27)10-4-13)20(28)26(21(18)29)15-7-5-14(24)6-8-15/h3-10,17-19,25,27H,11-12H2,1-2H3/t17-,18-,19-,23+/m0/s1. The normalized spacial score (nSPS) is 27.0. The highest BCUT2D eigenvalue weighted by Gasteiger charge is 2.68. The smallest absolute Gasteiger partial charge is 0.326 e. The quantitative estimate of drug-likeness (QED) is 0.508. The van der Waals surface area contributed by atoms with E-state index in [0.29, 0.717) is 11.3 Å². The van der Waals surface area contributed by atoms with Gasteiger partial charge in [0.05, 0.1) is 24.6 Å². The molecule has 2 amide bonds. The number of ether oxygens (including phenoxy) is 1. The van der Waals surface area contributed by atoms with Gasteiger partial charge in [0.2, 0.25) is 11.8 Å². The van der Waals surface area contributed by atoms with Crippen molar-refractivity contribution in [1.29, 1.82) is 0 Å². The summed E-state index contributed by atoms with van der Waals surface area (Å²) in [6.07, 6.45) is 2.17. The number of imide groups is 1. The Kier molecular flexibility index (Phi) is 5.96. The van der Waals surface area contributed by atoms with Crippen molar-refractivity contribution in [3.8, 4) is 5.75 Å². The van der Waals surface area contributed by atoms with E-state index in [1.54, 1.807) is 12.1 Å². The Labute approximate surface area is 188 Å². The molecule has 2 aliphatic rings. The van der Waals surface area contributed by atoms with Crippen molar-refractivity contribution in [2.45, 2.75) is 18.0 Å². The molecule has 9 heteroatoms. The van der Waals surface area contributed by atoms with E-state index in [1.165, 1.54) is 55.3 Å². The second-order valence-electron chi connectivity index (χ2n) is 7.91. The van der Waals surface area contributed by atoms with E-state index in [9.17, 15) is 23.9 Å². The molecule has 7 nitrogen and oxygen atoms in total. The number of phenolic OH excluding ortho intramolecular Hbond substituents is 1. The highest BCUT2D eigenvalue weighted by Crippen LogP contribution is 2.51. The minimum atomic E-state index is -1.40. The Morgan fingerprint density at radius 3 is 2.41 bits per heavy atom. The molecule has 0 bridgehead atoms. The maximum atomic E-state index is 13.6. The molecule has 0 aliphatic carbocycles. The number of fused-ring (bicyclic) bond motifs is 1. The van der Waals surface area contributed by atoms with Gasteiger partial charge in [-0.3, -0.25) is 19.7 Å². The fourth-order valence-electron chi connectivity index (χ4n) is 4.78. The lowest BCUT2D eigenvalue weighted by Crippen LogP contribution is -2.56. The summed E-state index contributed by atoms with van der Waals surface area (Å²) in [7, 11) is 1.26. The summed E-state index contributed by atoms with van der Waals surface area (Å²) in [4.78, 5) is 41.3. The first-order valence-corrected chi connectivity index (χ1v) is 11.5. The Balaban J connectivity index is 1.85. The first kappa shape index (κ1) is 22.3. The van der Waals surface area contributed by atoms with E-state index in [-0.39, 0.29) is 17.9 Å². The number of nitrogens with zero attached hydrogens (tertiary/aromatic N) is 1. The first-order valence-electron chi connectivity index (χ1n) is 10.1. The number of carbonyl (C=O) groups excluding carboxylic acids is 3. The van der Waals surface area contributed by atoms with Crippen molar-refractivity contribution in [2.75, 3.05) is 24.0 Å². The number of aromatic hydroxyl groups is 1. The molecule has 2 aromatic rings. The molecule has 168 valence electrons. The first-order chi connectivity index (χ1) is 15.3. The van der Waals surface area contributed by atoms with Crippen LogP contribution < -0.4 is 10.2 Å². The monoisotopic (exact) mass is 458 g/mol. The molecular formula is C23H23FN2O5S. The van der Waals surface area contributed by atoms with Crippen LogP contribution in [0.5, 0.6) is 5.75 Å². The van der Waals surface area contributed by atoms with Crippen LogP contribution in [0.2, 0.25) is 0 Å². The molecule has 32 heavy (non-hydrogen) atoms. The maximum absolute atomic E-state index is 13.6. The number of amides is 2. The Hall–Kier alpha value is -2.91. The number of nitrogens with one attached hydrogen (secondary N) is 1. The summed E-state index contributed by atoms with van der Waals surface area (Å²) < 4.78 is 18.6. The highest BCUT2D eigenvalue weighted by atomic mass is 32.2. The molecule has 4 atom stereocenters. The fourth-order valence-corrected chi connectivity index (χ4v) is 5.31. The predicted molar refractivity (Wildman–Crippen MR) is 118 cm³/mol. The van der Waals surface area contributed by atoms with Crippen LogP contribution in [0.25, 0.3) is 0 Å². The molecular weight excluding hydrogens is 435 g/mol.